The molecule has 0 fully saturated rings. The average molecular weight is 1160 g/mol. The maximum atomic E-state index is 14.2. The van der Waals surface area contributed by atoms with Crippen molar-refractivity contribution >= 4 is 91.3 Å². The molecule has 0 saturated carbocycles. The molecule has 2 unspecified atom stereocenters. The molecule has 5 aromatic rings. The number of ketones is 1. The summed E-state index contributed by atoms with van der Waals surface area (Å²) in [6, 6.07) is 26.6. The third-order valence-corrected chi connectivity index (χ3v) is 18.5. The van der Waals surface area contributed by atoms with Crippen molar-refractivity contribution in [3.8, 4) is 23.0 Å². The monoisotopic (exact) mass is 1160 g/mol. The number of ether oxygens (including phenoxy) is 4. The Bertz CT molecular complexity index is 3290. The smallest absolute Gasteiger partial charge is 0.260 e. The number of benzene rings is 5. The van der Waals surface area contributed by atoms with Gasteiger partial charge >= 0.3 is 0 Å². The van der Waals surface area contributed by atoms with E-state index in [1.54, 1.807) is 69.8 Å². The van der Waals surface area contributed by atoms with Gasteiger partial charge in [-0.15, -0.1) is 0 Å². The third-order valence-electron chi connectivity index (χ3n) is 14.5. The van der Waals surface area contributed by atoms with Crippen LogP contribution < -0.4 is 60.6 Å². The standard InChI is InChI=1S/C60H68N8O12S2/c1-34(69)15-16-35(2)81-82-60(3,4)18-17-53(70)62-29-54(71)63-30-55(72)64-31-56(73)65-40-20-36(32-79-51-26-44-42(24-49(51)77-5)58(75)67-41(28-61-44)22-38-11-7-9-13-46(38)67)19-37(21-40)33-80-52-27-45-43(25-50(52)78-6)59(76)68-47-14-10-8-12-39(47)23-48(68)57(74)66-45/h7-14,19-21,24-27,35,41,48,57,61,66,74H,15-18,22-23,28-33H2,1-6H3,(H,62,70)(H,63,71)(H,64,72)(H,65,73)/t35?,41-,48-,57?/m0/s1. The summed E-state index contributed by atoms with van der Waals surface area (Å²) in [5, 5.41) is 28.6. The molecule has 4 heterocycles. The molecule has 4 aliphatic rings. The second kappa shape index (κ2) is 25.9. The number of carbonyl (C=O) groups is 7. The fourth-order valence-electron chi connectivity index (χ4n) is 10.3. The van der Waals surface area contributed by atoms with Crippen LogP contribution in [0.1, 0.15) is 96.3 Å². The van der Waals surface area contributed by atoms with E-state index in [-0.39, 0.29) is 82.8 Å². The van der Waals surface area contributed by atoms with Crippen LogP contribution in [0.4, 0.5) is 28.4 Å². The van der Waals surface area contributed by atoms with Crippen molar-refractivity contribution < 1.29 is 57.6 Å². The van der Waals surface area contributed by atoms with Crippen molar-refractivity contribution in [3.63, 3.8) is 0 Å². The van der Waals surface area contributed by atoms with Gasteiger partial charge in [0.05, 0.1) is 68.4 Å². The number of fused-ring (bicyclic) bond motifs is 8. The van der Waals surface area contributed by atoms with Gasteiger partial charge < -0.3 is 70.5 Å². The first-order chi connectivity index (χ1) is 39.4. The largest absolute Gasteiger partial charge is 0.493 e. The van der Waals surface area contributed by atoms with Crippen molar-refractivity contribution in [2.45, 2.75) is 108 Å². The summed E-state index contributed by atoms with van der Waals surface area (Å²) in [6.45, 7) is 6.91. The number of methoxy groups -OCH3 is 2. The molecule has 82 heavy (non-hydrogen) atoms. The molecule has 432 valence electrons. The molecule has 5 aromatic carbocycles. The second-order valence-corrected chi connectivity index (χ2v) is 24.6. The van der Waals surface area contributed by atoms with Gasteiger partial charge in [0.15, 0.2) is 23.0 Å². The highest BCUT2D eigenvalue weighted by molar-refractivity contribution is 8.77. The quantitative estimate of drug-likeness (QED) is 0.0303. The van der Waals surface area contributed by atoms with Crippen LogP contribution in [0.3, 0.4) is 0 Å². The van der Waals surface area contributed by atoms with E-state index < -0.39 is 43.1 Å². The van der Waals surface area contributed by atoms with Crippen LogP contribution in [-0.2, 0) is 50.0 Å². The van der Waals surface area contributed by atoms with Crippen LogP contribution in [0.15, 0.2) is 91.0 Å². The van der Waals surface area contributed by atoms with Gasteiger partial charge in [0, 0.05) is 58.6 Å². The zero-order chi connectivity index (χ0) is 58.2. The molecule has 0 radical (unpaired) electrons. The highest BCUT2D eigenvalue weighted by atomic mass is 33.1. The number of hydrogen-bond acceptors (Lipinski definition) is 16. The number of para-hydroxylation sites is 2. The van der Waals surface area contributed by atoms with Gasteiger partial charge in [0.2, 0.25) is 23.6 Å². The molecular weight excluding hydrogens is 1090 g/mol. The molecule has 0 bridgehead atoms. The molecule has 4 aliphatic heterocycles. The summed E-state index contributed by atoms with van der Waals surface area (Å²) in [6.07, 6.45) is 2.16. The van der Waals surface area contributed by atoms with Crippen molar-refractivity contribution in [2.75, 3.05) is 66.1 Å². The summed E-state index contributed by atoms with van der Waals surface area (Å²) >= 11 is 0. The number of rotatable bonds is 24. The Hall–Kier alpha value is -7.95. The van der Waals surface area contributed by atoms with E-state index in [0.29, 0.717) is 77.5 Å². The number of anilines is 5. The van der Waals surface area contributed by atoms with E-state index in [0.717, 1.165) is 28.9 Å². The zero-order valence-electron chi connectivity index (χ0n) is 46.6. The Morgan fingerprint density at radius 1 is 0.695 bits per heavy atom. The molecule has 0 aromatic heterocycles. The summed E-state index contributed by atoms with van der Waals surface area (Å²) in [5.74, 6) is -1.21. The van der Waals surface area contributed by atoms with Gasteiger partial charge in [0.1, 0.15) is 25.2 Å². The number of carbonyl (C=O) groups excluding carboxylic acids is 7. The Labute approximate surface area is 483 Å². The van der Waals surface area contributed by atoms with Crippen LogP contribution in [-0.4, -0.2) is 115 Å². The van der Waals surface area contributed by atoms with E-state index >= 15 is 0 Å². The maximum Gasteiger partial charge on any atom is 0.260 e. The van der Waals surface area contributed by atoms with Gasteiger partial charge in [-0.1, -0.05) is 64.9 Å². The van der Waals surface area contributed by atoms with Gasteiger partial charge in [-0.2, -0.15) is 0 Å². The first kappa shape index (κ1) is 58.7. The van der Waals surface area contributed by atoms with E-state index in [1.165, 1.54) is 14.2 Å². The number of nitrogens with zero attached hydrogens (tertiary/aromatic N) is 2. The van der Waals surface area contributed by atoms with Crippen molar-refractivity contribution in [3.05, 3.63) is 124 Å². The summed E-state index contributed by atoms with van der Waals surface area (Å²) in [4.78, 5) is 94.6. The predicted molar refractivity (Wildman–Crippen MR) is 316 cm³/mol. The molecule has 9 rings (SSSR count). The van der Waals surface area contributed by atoms with Gasteiger partial charge in [-0.05, 0) is 111 Å². The normalized spacial score (nSPS) is 16.9. The highest BCUT2D eigenvalue weighted by Gasteiger charge is 2.42. The minimum Gasteiger partial charge on any atom is -0.493 e. The summed E-state index contributed by atoms with van der Waals surface area (Å²) in [7, 11) is 6.31. The lowest BCUT2D eigenvalue weighted by Crippen LogP contribution is -2.45. The Morgan fingerprint density at radius 3 is 1.87 bits per heavy atom. The average Bonchev–Trinajstić information content (AvgIpc) is 4.22. The van der Waals surface area contributed by atoms with Crippen LogP contribution in [0.5, 0.6) is 23.0 Å². The van der Waals surface area contributed by atoms with E-state index in [9.17, 15) is 38.7 Å². The number of nitrogens with one attached hydrogen (secondary N) is 6. The molecule has 0 aliphatic carbocycles. The fourth-order valence-corrected chi connectivity index (χ4v) is 12.9. The molecule has 20 nitrogen and oxygen atoms in total. The van der Waals surface area contributed by atoms with Gasteiger partial charge in [-0.25, -0.2) is 0 Å². The minimum atomic E-state index is -1.10. The summed E-state index contributed by atoms with van der Waals surface area (Å²) < 4.78 is 24.1. The molecule has 4 atom stereocenters. The zero-order valence-corrected chi connectivity index (χ0v) is 48.2. The molecule has 22 heteroatoms. The fraction of sp³-hybridized carbons (Fsp3) is 0.383. The van der Waals surface area contributed by atoms with Crippen molar-refractivity contribution in [2.24, 2.45) is 0 Å². The topological polar surface area (TPSA) is 255 Å². The maximum absolute atomic E-state index is 14.2. The lowest BCUT2D eigenvalue weighted by Gasteiger charge is -2.26. The minimum absolute atomic E-state index is 0.0364. The first-order valence-electron chi connectivity index (χ1n) is 27.1. The van der Waals surface area contributed by atoms with E-state index in [1.807, 2.05) is 73.3 Å². The molecule has 7 N–H and O–H groups in total. The molecular formula is C60H68N8O12S2. The molecule has 0 spiro atoms. The highest BCUT2D eigenvalue weighted by Crippen LogP contribution is 2.45. The number of aliphatic hydroxyl groups is 1. The van der Waals surface area contributed by atoms with Crippen molar-refractivity contribution in [1.82, 2.24) is 16.0 Å². The van der Waals surface area contributed by atoms with E-state index in [2.05, 4.69) is 38.8 Å². The second-order valence-electron chi connectivity index (χ2n) is 21.3. The Kier molecular flexibility index (Phi) is 18.5. The third kappa shape index (κ3) is 14.0. The van der Waals surface area contributed by atoms with Crippen LogP contribution in [0.2, 0.25) is 0 Å². The lowest BCUT2D eigenvalue weighted by molar-refractivity contribution is -0.128. The van der Waals surface area contributed by atoms with Crippen LogP contribution >= 0.6 is 21.6 Å². The number of hydrogen-bond donors (Lipinski definition) is 7. The summed E-state index contributed by atoms with van der Waals surface area (Å²) in [5.41, 5.74) is 6.82. The molecule has 6 amide bonds. The first-order valence-corrected chi connectivity index (χ1v) is 29.4. The number of aliphatic hydroxyl groups excluding tert-OH is 1. The lowest BCUT2D eigenvalue weighted by atomic mass is 10.1. The SMILES string of the molecule is COc1cc2c(cc1OCc1cc(COc3cc4c(cc3OC)C(=O)N3c5ccccc5C[C@H]3C(O)N4)cc(NC(=O)CNC(=O)CNC(=O)CNC(=O)CCC(C)(C)SSC(C)CCC(C)=O)c1)NC[C@@H]1Cc3ccccc3N1C2=O. The Morgan fingerprint density at radius 2 is 1.24 bits per heavy atom. The van der Waals surface area contributed by atoms with Crippen LogP contribution in [0.25, 0.3) is 0 Å². The van der Waals surface area contributed by atoms with E-state index in [4.69, 9.17) is 18.9 Å². The predicted octanol–water partition coefficient (Wildman–Crippen LogP) is 7.16. The number of Topliss-reactive ketones (excluding diaryl/α,β-unsaturated/α-hetero) is 1. The molecule has 0 saturated heterocycles. The Balaban J connectivity index is 0.848. The van der Waals surface area contributed by atoms with Crippen LogP contribution in [0, 0.1) is 0 Å². The van der Waals surface area contributed by atoms with Gasteiger partial charge in [0.25, 0.3) is 11.8 Å². The van der Waals surface area contributed by atoms with Gasteiger partial charge in [-0.3, -0.25) is 28.8 Å². The van der Waals surface area contributed by atoms with Crippen molar-refractivity contribution in [1.29, 1.82) is 0 Å². The number of amides is 6.